The van der Waals surface area contributed by atoms with Gasteiger partial charge in [0.05, 0.1) is 6.61 Å². The highest BCUT2D eigenvalue weighted by atomic mass is 16.6. The monoisotopic (exact) mass is 344 g/mol. The molecule has 0 bridgehead atoms. The molecule has 1 atom stereocenters. The molecule has 0 aliphatic carbocycles. The molecule has 1 fully saturated rings. The van der Waals surface area contributed by atoms with Crippen LogP contribution < -0.4 is 4.74 Å². The maximum atomic E-state index is 5.94. The molecule has 140 valence electrons. The Labute approximate surface area is 154 Å². The molecule has 0 amide bonds. The molecule has 0 radical (unpaired) electrons. The molecule has 2 nitrogen and oxygen atoms in total. The van der Waals surface area contributed by atoms with Gasteiger partial charge in [0.25, 0.3) is 0 Å². The third-order valence-corrected chi connectivity index (χ3v) is 4.86. The Morgan fingerprint density at radius 3 is 2.32 bits per heavy atom. The maximum absolute atomic E-state index is 5.94. The quantitative estimate of drug-likeness (QED) is 0.274. The molecule has 1 heterocycles. The van der Waals surface area contributed by atoms with E-state index in [4.69, 9.17) is 9.47 Å². The lowest BCUT2D eigenvalue weighted by Gasteiger charge is -2.11. The summed E-state index contributed by atoms with van der Waals surface area (Å²) in [5, 5.41) is 0. The van der Waals surface area contributed by atoms with Crippen LogP contribution in [-0.2, 0) is 4.74 Å². The lowest BCUT2D eigenvalue weighted by atomic mass is 10.1. The summed E-state index contributed by atoms with van der Waals surface area (Å²) in [5.74, 6) is 0.961. The number of rotatable bonds is 14. The van der Waals surface area contributed by atoms with Crippen molar-refractivity contribution >= 4 is 6.08 Å². The van der Waals surface area contributed by atoms with Gasteiger partial charge in [0.15, 0.2) is 0 Å². The highest BCUT2D eigenvalue weighted by molar-refractivity contribution is 5.57. The number of hydrogen-bond acceptors (Lipinski definition) is 2. The van der Waals surface area contributed by atoms with E-state index in [2.05, 4.69) is 38.1 Å². The van der Waals surface area contributed by atoms with Crippen molar-refractivity contribution in [2.45, 2.75) is 83.7 Å². The van der Waals surface area contributed by atoms with Gasteiger partial charge in [0, 0.05) is 5.56 Å². The van der Waals surface area contributed by atoms with Crippen LogP contribution in [0.2, 0.25) is 0 Å². The SMILES string of the molecule is CCCCCCCCCCC/C=C/c1ccccc1OCC1(C)CO1. The smallest absolute Gasteiger partial charge is 0.126 e. The van der Waals surface area contributed by atoms with Crippen LogP contribution in [0.1, 0.15) is 83.6 Å². The van der Waals surface area contributed by atoms with Gasteiger partial charge in [0.1, 0.15) is 18.0 Å². The first-order chi connectivity index (χ1) is 12.2. The number of ether oxygens (including phenoxy) is 2. The van der Waals surface area contributed by atoms with Gasteiger partial charge in [-0.1, -0.05) is 88.6 Å². The van der Waals surface area contributed by atoms with E-state index in [1.165, 1.54) is 63.4 Å². The second-order valence-electron chi connectivity index (χ2n) is 7.58. The molecular formula is C23H36O2. The second-order valence-corrected chi connectivity index (χ2v) is 7.58. The molecule has 1 saturated heterocycles. The predicted octanol–water partition coefficient (Wildman–Crippen LogP) is 6.79. The van der Waals surface area contributed by atoms with Gasteiger partial charge in [-0.15, -0.1) is 0 Å². The molecule has 1 aliphatic heterocycles. The third-order valence-electron chi connectivity index (χ3n) is 4.86. The van der Waals surface area contributed by atoms with Crippen molar-refractivity contribution in [3.8, 4) is 5.75 Å². The Kier molecular flexibility index (Phi) is 9.10. The number of hydrogen-bond donors (Lipinski definition) is 0. The van der Waals surface area contributed by atoms with Crippen LogP contribution in [0.15, 0.2) is 30.3 Å². The highest BCUT2D eigenvalue weighted by Gasteiger charge is 2.40. The van der Waals surface area contributed by atoms with Crippen LogP contribution in [-0.4, -0.2) is 18.8 Å². The lowest BCUT2D eigenvalue weighted by molar-refractivity contribution is 0.202. The van der Waals surface area contributed by atoms with Crippen molar-refractivity contribution in [1.29, 1.82) is 0 Å². The van der Waals surface area contributed by atoms with Crippen LogP contribution in [0, 0.1) is 0 Å². The molecule has 0 spiro atoms. The normalized spacial score (nSPS) is 19.4. The van der Waals surface area contributed by atoms with Crippen LogP contribution in [0.4, 0.5) is 0 Å². The van der Waals surface area contributed by atoms with Crippen molar-refractivity contribution in [2.75, 3.05) is 13.2 Å². The number of unbranched alkanes of at least 4 members (excludes halogenated alkanes) is 9. The Bertz CT molecular complexity index is 503. The summed E-state index contributed by atoms with van der Waals surface area (Å²) in [7, 11) is 0. The van der Waals surface area contributed by atoms with E-state index in [0.717, 1.165) is 18.8 Å². The fourth-order valence-corrected chi connectivity index (χ4v) is 2.97. The molecule has 1 unspecified atom stereocenters. The molecule has 0 saturated carbocycles. The zero-order valence-electron chi connectivity index (χ0n) is 16.3. The fraction of sp³-hybridized carbons (Fsp3) is 0.652. The zero-order valence-corrected chi connectivity index (χ0v) is 16.3. The van der Waals surface area contributed by atoms with Crippen LogP contribution >= 0.6 is 0 Å². The Morgan fingerprint density at radius 1 is 1.00 bits per heavy atom. The van der Waals surface area contributed by atoms with Gasteiger partial charge in [-0.05, 0) is 25.8 Å². The number of allylic oxidation sites excluding steroid dienone is 1. The topological polar surface area (TPSA) is 21.8 Å². The van der Waals surface area contributed by atoms with Crippen molar-refractivity contribution in [2.24, 2.45) is 0 Å². The van der Waals surface area contributed by atoms with Crippen molar-refractivity contribution in [3.05, 3.63) is 35.9 Å². The van der Waals surface area contributed by atoms with Gasteiger partial charge in [-0.25, -0.2) is 0 Å². The molecule has 1 aromatic carbocycles. The molecule has 1 aliphatic rings. The summed E-state index contributed by atoms with van der Waals surface area (Å²) < 4.78 is 11.3. The van der Waals surface area contributed by atoms with Gasteiger partial charge in [-0.2, -0.15) is 0 Å². The predicted molar refractivity (Wildman–Crippen MR) is 107 cm³/mol. The van der Waals surface area contributed by atoms with Crippen molar-refractivity contribution < 1.29 is 9.47 Å². The van der Waals surface area contributed by atoms with E-state index in [1.807, 2.05) is 12.1 Å². The number of para-hydroxylation sites is 1. The number of benzene rings is 1. The van der Waals surface area contributed by atoms with Gasteiger partial charge < -0.3 is 9.47 Å². The third kappa shape index (κ3) is 8.58. The van der Waals surface area contributed by atoms with Crippen molar-refractivity contribution in [3.63, 3.8) is 0 Å². The average Bonchev–Trinajstić information content (AvgIpc) is 3.36. The summed E-state index contributed by atoms with van der Waals surface area (Å²) in [6.45, 7) is 5.81. The summed E-state index contributed by atoms with van der Waals surface area (Å²) in [5.41, 5.74) is 1.11. The van der Waals surface area contributed by atoms with Gasteiger partial charge >= 0.3 is 0 Å². The number of epoxide rings is 1. The van der Waals surface area contributed by atoms with Gasteiger partial charge in [0.2, 0.25) is 0 Å². The molecule has 2 rings (SSSR count). The first kappa shape index (κ1) is 20.0. The van der Waals surface area contributed by atoms with E-state index < -0.39 is 0 Å². The minimum atomic E-state index is -0.0621. The summed E-state index contributed by atoms with van der Waals surface area (Å²) in [4.78, 5) is 0. The van der Waals surface area contributed by atoms with Gasteiger partial charge in [-0.3, -0.25) is 0 Å². The zero-order chi connectivity index (χ0) is 17.8. The van der Waals surface area contributed by atoms with Crippen LogP contribution in [0.5, 0.6) is 5.75 Å². The molecule has 0 aromatic heterocycles. The highest BCUT2D eigenvalue weighted by Crippen LogP contribution is 2.28. The lowest BCUT2D eigenvalue weighted by Crippen LogP contribution is -2.17. The van der Waals surface area contributed by atoms with E-state index in [-0.39, 0.29) is 5.60 Å². The summed E-state index contributed by atoms with van der Waals surface area (Å²) in [6.07, 6.45) is 18.1. The first-order valence-electron chi connectivity index (χ1n) is 10.3. The molecular weight excluding hydrogens is 308 g/mol. The molecule has 25 heavy (non-hydrogen) atoms. The fourth-order valence-electron chi connectivity index (χ4n) is 2.97. The molecule has 0 N–H and O–H groups in total. The summed E-state index contributed by atoms with van der Waals surface area (Å²) >= 11 is 0. The Balaban J connectivity index is 1.57. The first-order valence-corrected chi connectivity index (χ1v) is 10.3. The summed E-state index contributed by atoms with van der Waals surface area (Å²) in [6, 6.07) is 8.27. The van der Waals surface area contributed by atoms with E-state index in [1.54, 1.807) is 0 Å². The average molecular weight is 345 g/mol. The Morgan fingerprint density at radius 2 is 1.64 bits per heavy atom. The minimum Gasteiger partial charge on any atom is -0.490 e. The van der Waals surface area contributed by atoms with Crippen molar-refractivity contribution in [1.82, 2.24) is 0 Å². The standard InChI is InChI=1S/C23H36O2/c1-3-4-5-6-7-8-9-10-11-12-13-16-21-17-14-15-18-22(21)24-19-23(2)20-25-23/h13-18H,3-12,19-20H2,1-2H3/b16-13+. The van der Waals surface area contributed by atoms with E-state index >= 15 is 0 Å². The van der Waals surface area contributed by atoms with E-state index in [9.17, 15) is 0 Å². The second kappa shape index (κ2) is 11.4. The van der Waals surface area contributed by atoms with Crippen LogP contribution in [0.3, 0.4) is 0 Å². The largest absolute Gasteiger partial charge is 0.490 e. The Hall–Kier alpha value is -1.28. The molecule has 1 aromatic rings. The minimum absolute atomic E-state index is 0.0621. The van der Waals surface area contributed by atoms with E-state index in [0.29, 0.717) is 6.61 Å². The maximum Gasteiger partial charge on any atom is 0.126 e. The molecule has 2 heteroatoms. The van der Waals surface area contributed by atoms with Crippen LogP contribution in [0.25, 0.3) is 6.08 Å².